The largest absolute Gasteiger partial charge is 0.357 e. The van der Waals surface area contributed by atoms with Gasteiger partial charge in [-0.15, -0.1) is 35.3 Å². The Bertz CT molecular complexity index is 934. The zero-order chi connectivity index (χ0) is 20.9. The molecule has 3 rings (SSSR count). The number of hydrogen-bond donors (Lipinski definition) is 3. The summed E-state index contributed by atoms with van der Waals surface area (Å²) in [7, 11) is -3.65. The first-order chi connectivity index (χ1) is 13.8. The van der Waals surface area contributed by atoms with E-state index in [2.05, 4.69) is 51.7 Å². The molecule has 1 aliphatic heterocycles. The molecule has 2 heterocycles. The van der Waals surface area contributed by atoms with Crippen molar-refractivity contribution in [2.45, 2.75) is 49.7 Å². The summed E-state index contributed by atoms with van der Waals surface area (Å²) in [5, 5.41) is 12.0. The van der Waals surface area contributed by atoms with E-state index >= 15 is 0 Å². The Hall–Kier alpha value is -1.21. The van der Waals surface area contributed by atoms with Crippen LogP contribution in [0.3, 0.4) is 0 Å². The molecule has 1 aromatic carbocycles. The van der Waals surface area contributed by atoms with Crippen LogP contribution in [0.5, 0.6) is 0 Å². The summed E-state index contributed by atoms with van der Waals surface area (Å²) < 4.78 is 23.0. The van der Waals surface area contributed by atoms with Gasteiger partial charge in [-0.25, -0.2) is 18.5 Å². The molecule has 2 aromatic rings. The lowest BCUT2D eigenvalue weighted by atomic mass is 10.2. The first-order valence-corrected chi connectivity index (χ1v) is 12.2. The van der Waals surface area contributed by atoms with Gasteiger partial charge in [0.2, 0.25) is 10.0 Å². The van der Waals surface area contributed by atoms with Crippen molar-refractivity contribution in [3.63, 3.8) is 0 Å². The number of likely N-dealkylation sites (tertiary alicyclic amines) is 1. The molecule has 7 nitrogen and oxygen atoms in total. The number of aliphatic imine (C=N–C) groups is 1. The number of benzene rings is 1. The van der Waals surface area contributed by atoms with Crippen LogP contribution in [-0.2, 0) is 23.1 Å². The highest BCUT2D eigenvalue weighted by Gasteiger charge is 2.29. The zero-order valence-corrected chi connectivity index (χ0v) is 21.2. The van der Waals surface area contributed by atoms with Crippen molar-refractivity contribution in [2.24, 2.45) is 10.1 Å². The molecule has 30 heavy (non-hydrogen) atoms. The lowest BCUT2D eigenvalue weighted by Crippen LogP contribution is -2.44. The highest BCUT2D eigenvalue weighted by molar-refractivity contribution is 14.0. The standard InChI is InChI=1S/C20H29N5O2S2.HI/c1-3-22-20(23-12-18-9-10-19(28-18)29(21,26)27)24-17-11-15(2)25(14-17)13-16-7-5-4-6-8-16;/h4-10,15,17H,3,11-14H2,1-2H3,(H2,21,26,27)(H2,22,23,24);1H. The summed E-state index contributed by atoms with van der Waals surface area (Å²) >= 11 is 1.16. The third-order valence-corrected chi connectivity index (χ3v) is 7.44. The summed E-state index contributed by atoms with van der Waals surface area (Å²) in [4.78, 5) is 7.97. The predicted molar refractivity (Wildman–Crippen MR) is 134 cm³/mol. The highest BCUT2D eigenvalue weighted by atomic mass is 127. The number of nitrogens with one attached hydrogen (secondary N) is 2. The number of thiophene rings is 1. The third-order valence-electron chi connectivity index (χ3n) is 4.93. The number of nitrogens with zero attached hydrogens (tertiary/aromatic N) is 2. The fraction of sp³-hybridized carbons (Fsp3) is 0.450. The maximum Gasteiger partial charge on any atom is 0.247 e. The van der Waals surface area contributed by atoms with Crippen molar-refractivity contribution in [3.05, 3.63) is 52.9 Å². The monoisotopic (exact) mass is 563 g/mol. The number of primary sulfonamides is 1. The third kappa shape index (κ3) is 7.19. The first kappa shape index (κ1) is 25.1. The van der Waals surface area contributed by atoms with Crippen molar-refractivity contribution < 1.29 is 8.42 Å². The molecule has 4 N–H and O–H groups in total. The average Bonchev–Trinajstić information content (AvgIpc) is 3.28. The molecule has 1 aromatic heterocycles. The maximum atomic E-state index is 11.4. The molecule has 0 saturated carbocycles. The van der Waals surface area contributed by atoms with Gasteiger partial charge in [-0.3, -0.25) is 4.90 Å². The van der Waals surface area contributed by atoms with Crippen LogP contribution in [-0.4, -0.2) is 44.5 Å². The van der Waals surface area contributed by atoms with Gasteiger partial charge in [0.15, 0.2) is 5.96 Å². The second-order valence-electron chi connectivity index (χ2n) is 7.30. The summed E-state index contributed by atoms with van der Waals surface area (Å²) in [5.74, 6) is 0.747. The van der Waals surface area contributed by atoms with Crippen LogP contribution in [0.2, 0.25) is 0 Å². The van der Waals surface area contributed by atoms with E-state index in [-0.39, 0.29) is 28.2 Å². The molecular weight excluding hydrogens is 533 g/mol. The zero-order valence-electron chi connectivity index (χ0n) is 17.2. The second-order valence-corrected chi connectivity index (χ2v) is 10.3. The van der Waals surface area contributed by atoms with Crippen LogP contribution in [0.25, 0.3) is 0 Å². The Balaban J connectivity index is 0.00000320. The van der Waals surface area contributed by atoms with Crippen LogP contribution < -0.4 is 15.8 Å². The predicted octanol–water partition coefficient (Wildman–Crippen LogP) is 2.73. The van der Waals surface area contributed by atoms with Gasteiger partial charge < -0.3 is 10.6 Å². The maximum absolute atomic E-state index is 11.4. The quantitative estimate of drug-likeness (QED) is 0.274. The first-order valence-electron chi connectivity index (χ1n) is 9.79. The fourth-order valence-corrected chi connectivity index (χ4v) is 5.21. The number of halogens is 1. The van der Waals surface area contributed by atoms with E-state index in [9.17, 15) is 8.42 Å². The van der Waals surface area contributed by atoms with Crippen molar-refractivity contribution in [1.29, 1.82) is 0 Å². The van der Waals surface area contributed by atoms with E-state index in [0.717, 1.165) is 48.2 Å². The van der Waals surface area contributed by atoms with E-state index in [1.165, 1.54) is 11.6 Å². The van der Waals surface area contributed by atoms with E-state index < -0.39 is 10.0 Å². The molecular formula is C20H30IN5O2S2. The number of guanidine groups is 1. The van der Waals surface area contributed by atoms with E-state index in [1.54, 1.807) is 6.07 Å². The topological polar surface area (TPSA) is 99.8 Å². The Morgan fingerprint density at radius 3 is 2.63 bits per heavy atom. The minimum atomic E-state index is -3.65. The Kier molecular flexibility index (Phi) is 9.54. The summed E-state index contributed by atoms with van der Waals surface area (Å²) in [6.45, 7) is 7.35. The molecule has 166 valence electrons. The second kappa shape index (κ2) is 11.4. The molecule has 0 radical (unpaired) electrons. The van der Waals surface area contributed by atoms with Gasteiger partial charge in [0, 0.05) is 36.6 Å². The van der Waals surface area contributed by atoms with E-state index in [4.69, 9.17) is 5.14 Å². The molecule has 0 spiro atoms. The Morgan fingerprint density at radius 2 is 2.00 bits per heavy atom. The van der Waals surface area contributed by atoms with Crippen molar-refractivity contribution >= 4 is 51.3 Å². The molecule has 10 heteroatoms. The van der Waals surface area contributed by atoms with Crippen LogP contribution >= 0.6 is 35.3 Å². The highest BCUT2D eigenvalue weighted by Crippen LogP contribution is 2.22. The van der Waals surface area contributed by atoms with Crippen molar-refractivity contribution in [1.82, 2.24) is 15.5 Å². The van der Waals surface area contributed by atoms with Crippen LogP contribution in [0.15, 0.2) is 51.7 Å². The Morgan fingerprint density at radius 1 is 1.27 bits per heavy atom. The van der Waals surface area contributed by atoms with Crippen LogP contribution in [0, 0.1) is 0 Å². The molecule has 2 atom stereocenters. The summed E-state index contributed by atoms with van der Waals surface area (Å²) in [6, 6.07) is 14.6. The molecule has 1 saturated heterocycles. The minimum absolute atomic E-state index is 0. The number of sulfonamides is 1. The normalized spacial score (nSPS) is 20.0. The van der Waals surface area contributed by atoms with E-state index in [0.29, 0.717) is 18.6 Å². The summed E-state index contributed by atoms with van der Waals surface area (Å²) in [5.41, 5.74) is 1.32. The van der Waals surface area contributed by atoms with Gasteiger partial charge >= 0.3 is 0 Å². The molecule has 0 aliphatic carbocycles. The van der Waals surface area contributed by atoms with Crippen LogP contribution in [0.1, 0.15) is 30.7 Å². The lowest BCUT2D eigenvalue weighted by Gasteiger charge is -2.21. The van der Waals surface area contributed by atoms with Gasteiger partial charge in [0.25, 0.3) is 0 Å². The van der Waals surface area contributed by atoms with Gasteiger partial charge in [-0.2, -0.15) is 0 Å². The molecule has 0 bridgehead atoms. The van der Waals surface area contributed by atoms with Crippen molar-refractivity contribution in [3.8, 4) is 0 Å². The Labute approximate surface area is 200 Å². The van der Waals surface area contributed by atoms with Gasteiger partial charge in [0.1, 0.15) is 4.21 Å². The van der Waals surface area contributed by atoms with Crippen molar-refractivity contribution in [2.75, 3.05) is 13.1 Å². The molecule has 1 aliphatic rings. The smallest absolute Gasteiger partial charge is 0.247 e. The molecule has 2 unspecified atom stereocenters. The van der Waals surface area contributed by atoms with Gasteiger partial charge in [-0.05, 0) is 38.0 Å². The average molecular weight is 564 g/mol. The van der Waals surface area contributed by atoms with Crippen LogP contribution in [0.4, 0.5) is 0 Å². The molecule has 1 fully saturated rings. The van der Waals surface area contributed by atoms with Gasteiger partial charge in [-0.1, -0.05) is 30.3 Å². The van der Waals surface area contributed by atoms with E-state index in [1.807, 2.05) is 13.0 Å². The number of nitrogens with two attached hydrogens (primary N) is 1. The minimum Gasteiger partial charge on any atom is -0.357 e. The lowest BCUT2D eigenvalue weighted by molar-refractivity contribution is 0.258. The summed E-state index contributed by atoms with van der Waals surface area (Å²) in [6.07, 6.45) is 1.05. The fourth-order valence-electron chi connectivity index (χ4n) is 3.51. The SMILES string of the molecule is CCNC(=NCc1ccc(S(N)(=O)=O)s1)NC1CC(C)N(Cc2ccccc2)C1.I. The number of hydrogen-bond acceptors (Lipinski definition) is 5. The molecule has 0 amide bonds. The number of rotatable bonds is 7. The van der Waals surface area contributed by atoms with Gasteiger partial charge in [0.05, 0.1) is 6.54 Å².